The molecule has 4 N–H and O–H groups in total. The summed E-state index contributed by atoms with van der Waals surface area (Å²) in [6, 6.07) is 23.0. The van der Waals surface area contributed by atoms with E-state index in [1.54, 1.807) is 24.3 Å². The van der Waals surface area contributed by atoms with Gasteiger partial charge >= 0.3 is 0 Å². The lowest BCUT2D eigenvalue weighted by molar-refractivity contribution is -0.00825. The van der Waals surface area contributed by atoms with Crippen LogP contribution in [-0.4, -0.2) is 64.2 Å². The molecule has 0 bridgehead atoms. The van der Waals surface area contributed by atoms with E-state index in [1.807, 2.05) is 13.8 Å². The second-order valence-electron chi connectivity index (χ2n) is 12.7. The van der Waals surface area contributed by atoms with E-state index in [0.29, 0.717) is 46.4 Å². The van der Waals surface area contributed by atoms with Crippen molar-refractivity contribution < 1.29 is 51.9 Å². The molecule has 0 heterocycles. The largest absolute Gasteiger partial charge is 0.294 e. The van der Waals surface area contributed by atoms with Crippen LogP contribution < -0.4 is 21.2 Å². The standard InChI is InChI=1S/C32H34O12P2S4/c1-31(21-45(23-7-3-11-27(17-23)47(33,34)35)24-8-4-12-28(18-24)48(36,37)38)15-16-32(31,2)22-46(25-9-5-13-29(19-25)49(39,40)41)26-10-6-14-30(20-26)50(42,43)44/h3-14,17-20H,15-16,21-22H2,1-2H3,(H,33,34,35)(H,36,37,38)(H,39,40,41)(H,42,43,44)/t31-,32-/m1/s1. The van der Waals surface area contributed by atoms with Gasteiger partial charge in [0.1, 0.15) is 0 Å². The molecule has 0 aliphatic heterocycles. The number of rotatable bonds is 12. The Morgan fingerprint density at radius 3 is 0.860 bits per heavy atom. The lowest BCUT2D eigenvalue weighted by Crippen LogP contribution is -2.52. The monoisotopic (exact) mass is 800 g/mol. The SMILES string of the molecule is C[C@]1(CP(c2cccc(S(=O)(=O)O)c2)c2cccc(S(=O)(=O)O)c2)CC[C@]1(C)CP(c1cccc(S(=O)(=O)O)c1)c1cccc(S(=O)(=O)O)c1. The average molecular weight is 801 g/mol. The highest BCUT2D eigenvalue weighted by atomic mass is 32.2. The van der Waals surface area contributed by atoms with Crippen LogP contribution in [0.25, 0.3) is 0 Å². The van der Waals surface area contributed by atoms with Gasteiger partial charge in [-0.1, -0.05) is 62.4 Å². The molecule has 1 saturated carbocycles. The van der Waals surface area contributed by atoms with Gasteiger partial charge in [0, 0.05) is 0 Å². The van der Waals surface area contributed by atoms with Crippen molar-refractivity contribution in [3.05, 3.63) is 97.1 Å². The third-order valence-corrected chi connectivity index (χ3v) is 18.4. The van der Waals surface area contributed by atoms with Gasteiger partial charge in [0.2, 0.25) is 0 Å². The van der Waals surface area contributed by atoms with Crippen LogP contribution in [0.4, 0.5) is 0 Å². The summed E-state index contributed by atoms with van der Waals surface area (Å²) in [6.45, 7) is 4.09. The molecule has 268 valence electrons. The maximum absolute atomic E-state index is 12.1. The molecule has 0 saturated heterocycles. The van der Waals surface area contributed by atoms with E-state index in [2.05, 4.69) is 0 Å². The maximum atomic E-state index is 12.1. The van der Waals surface area contributed by atoms with Crippen molar-refractivity contribution in [1.82, 2.24) is 0 Å². The predicted molar refractivity (Wildman–Crippen MR) is 193 cm³/mol. The van der Waals surface area contributed by atoms with Crippen molar-refractivity contribution in [2.24, 2.45) is 10.8 Å². The smallest absolute Gasteiger partial charge is 0.282 e. The number of hydrogen-bond acceptors (Lipinski definition) is 8. The van der Waals surface area contributed by atoms with Gasteiger partial charge < -0.3 is 0 Å². The molecule has 4 aromatic rings. The van der Waals surface area contributed by atoms with E-state index in [4.69, 9.17) is 0 Å². The first kappa shape index (κ1) is 38.6. The van der Waals surface area contributed by atoms with Gasteiger partial charge in [-0.2, -0.15) is 33.7 Å². The number of hydrogen-bond donors (Lipinski definition) is 4. The fraction of sp³-hybridized carbons (Fsp3) is 0.250. The molecule has 12 nitrogen and oxygen atoms in total. The van der Waals surface area contributed by atoms with Crippen molar-refractivity contribution in [1.29, 1.82) is 0 Å². The second kappa shape index (κ2) is 13.7. The van der Waals surface area contributed by atoms with E-state index in [-0.39, 0.29) is 19.6 Å². The topological polar surface area (TPSA) is 217 Å². The Morgan fingerprint density at radius 1 is 0.460 bits per heavy atom. The lowest BCUT2D eigenvalue weighted by Gasteiger charge is -2.59. The first-order valence-corrected chi connectivity index (χ1v) is 23.7. The molecular weight excluding hydrogens is 767 g/mol. The minimum atomic E-state index is -4.58. The molecule has 1 fully saturated rings. The minimum absolute atomic E-state index is 0.337. The van der Waals surface area contributed by atoms with Crippen LogP contribution in [0.1, 0.15) is 26.7 Å². The fourth-order valence-corrected chi connectivity index (χ4v) is 14.6. The molecule has 0 spiro atoms. The van der Waals surface area contributed by atoms with Crippen LogP contribution in [0.3, 0.4) is 0 Å². The summed E-state index contributed by atoms with van der Waals surface area (Å²) in [4.78, 5) is -1.35. The quantitative estimate of drug-likeness (QED) is 0.118. The van der Waals surface area contributed by atoms with E-state index < -0.39 is 67.1 Å². The molecule has 50 heavy (non-hydrogen) atoms. The Kier molecular flexibility index (Phi) is 10.6. The Bertz CT molecular complexity index is 2080. The van der Waals surface area contributed by atoms with E-state index in [0.717, 1.165) is 0 Å². The highest BCUT2D eigenvalue weighted by molar-refractivity contribution is 7.86. The molecule has 1 aliphatic carbocycles. The van der Waals surface area contributed by atoms with Gasteiger partial charge in [0.25, 0.3) is 40.5 Å². The summed E-state index contributed by atoms with van der Waals surface area (Å²) in [5.74, 6) is 0. The third kappa shape index (κ3) is 8.36. The molecule has 0 unspecified atom stereocenters. The van der Waals surface area contributed by atoms with Crippen molar-refractivity contribution in [3.63, 3.8) is 0 Å². The highest BCUT2D eigenvalue weighted by Gasteiger charge is 2.54. The molecule has 4 aromatic carbocycles. The van der Waals surface area contributed by atoms with Gasteiger partial charge in [-0.15, -0.1) is 0 Å². The summed E-state index contributed by atoms with van der Waals surface area (Å²) in [5.41, 5.74) is -1.02. The van der Waals surface area contributed by atoms with Crippen LogP contribution in [0, 0.1) is 10.8 Å². The van der Waals surface area contributed by atoms with Crippen LogP contribution in [0.2, 0.25) is 0 Å². The normalized spacial score (nSPS) is 20.2. The minimum Gasteiger partial charge on any atom is -0.282 e. The van der Waals surface area contributed by atoms with Crippen LogP contribution in [0.5, 0.6) is 0 Å². The summed E-state index contributed by atoms with van der Waals surface area (Å²) in [7, 11) is -21.4. The Morgan fingerprint density at radius 2 is 0.680 bits per heavy atom. The molecular formula is C32H34O12P2S4. The van der Waals surface area contributed by atoms with Crippen molar-refractivity contribution in [2.75, 3.05) is 12.3 Å². The highest BCUT2D eigenvalue weighted by Crippen LogP contribution is 2.64. The van der Waals surface area contributed by atoms with E-state index >= 15 is 0 Å². The van der Waals surface area contributed by atoms with Gasteiger partial charge in [-0.3, -0.25) is 18.2 Å². The van der Waals surface area contributed by atoms with Gasteiger partial charge in [0.15, 0.2) is 0 Å². The van der Waals surface area contributed by atoms with E-state index in [1.165, 1.54) is 72.8 Å². The maximum Gasteiger partial charge on any atom is 0.294 e. The summed E-state index contributed by atoms with van der Waals surface area (Å²) < 4.78 is 136. The van der Waals surface area contributed by atoms with Gasteiger partial charge in [-0.25, -0.2) is 0 Å². The van der Waals surface area contributed by atoms with Gasteiger partial charge in [-0.05, 0) is 122 Å². The zero-order valence-corrected chi connectivity index (χ0v) is 31.7. The van der Waals surface area contributed by atoms with Crippen LogP contribution in [-0.2, 0) is 40.5 Å². The van der Waals surface area contributed by atoms with E-state index in [9.17, 15) is 51.9 Å². The first-order valence-electron chi connectivity index (χ1n) is 14.9. The summed E-state index contributed by atoms with van der Waals surface area (Å²) in [6.07, 6.45) is 2.19. The summed E-state index contributed by atoms with van der Waals surface area (Å²) in [5, 5.41) is 2.12. The summed E-state index contributed by atoms with van der Waals surface area (Å²) >= 11 is 0. The Hall–Kier alpha value is -2.62. The third-order valence-electron chi connectivity index (χ3n) is 9.41. The Labute approximate surface area is 294 Å². The predicted octanol–water partition coefficient (Wildman–Crippen LogP) is 4.05. The molecule has 18 heteroatoms. The molecule has 0 amide bonds. The fourth-order valence-electron chi connectivity index (χ4n) is 6.13. The van der Waals surface area contributed by atoms with Crippen LogP contribution >= 0.6 is 15.8 Å². The molecule has 1 aliphatic rings. The lowest BCUT2D eigenvalue weighted by atomic mass is 9.53. The number of benzene rings is 4. The molecule has 0 radical (unpaired) electrons. The average Bonchev–Trinajstić information content (AvgIpc) is 3.04. The molecule has 2 atom stereocenters. The second-order valence-corrected chi connectivity index (χ2v) is 22.8. The van der Waals surface area contributed by atoms with Crippen molar-refractivity contribution in [3.8, 4) is 0 Å². The molecule has 0 aromatic heterocycles. The van der Waals surface area contributed by atoms with Crippen molar-refractivity contribution in [2.45, 2.75) is 46.3 Å². The Balaban J connectivity index is 1.62. The zero-order chi connectivity index (χ0) is 36.9. The zero-order valence-electron chi connectivity index (χ0n) is 26.6. The van der Waals surface area contributed by atoms with Crippen LogP contribution in [0.15, 0.2) is 117 Å². The van der Waals surface area contributed by atoms with Crippen molar-refractivity contribution >= 4 is 77.5 Å². The first-order chi connectivity index (χ1) is 23.0. The molecule has 5 rings (SSSR count). The van der Waals surface area contributed by atoms with Gasteiger partial charge in [0.05, 0.1) is 19.6 Å².